The molecule has 0 bridgehead atoms. The minimum absolute atomic E-state index is 0.0772. The van der Waals surface area contributed by atoms with Crippen LogP contribution in [0.3, 0.4) is 0 Å². The molecule has 2 aliphatic rings. The summed E-state index contributed by atoms with van der Waals surface area (Å²) >= 11 is 0. The topological polar surface area (TPSA) is 178 Å². The summed E-state index contributed by atoms with van der Waals surface area (Å²) in [6, 6.07) is 0. The van der Waals surface area contributed by atoms with Gasteiger partial charge in [0.25, 0.3) is 6.47 Å². The van der Waals surface area contributed by atoms with Gasteiger partial charge in [-0.3, -0.25) is 24.0 Å². The fourth-order valence-corrected chi connectivity index (χ4v) is 8.03. The van der Waals surface area contributed by atoms with Gasteiger partial charge >= 0.3 is 17.9 Å². The maximum absolute atomic E-state index is 11.5. The molecule has 0 amide bonds. The van der Waals surface area contributed by atoms with Crippen LogP contribution in [0.25, 0.3) is 0 Å². The van der Waals surface area contributed by atoms with E-state index in [0.717, 1.165) is 69.9 Å². The van der Waals surface area contributed by atoms with E-state index in [0.29, 0.717) is 69.6 Å². The highest BCUT2D eigenvalue weighted by molar-refractivity contribution is 5.81. The first-order chi connectivity index (χ1) is 39.1. The van der Waals surface area contributed by atoms with Crippen LogP contribution in [0.2, 0.25) is 0 Å². The molecule has 1 saturated heterocycles. The van der Waals surface area contributed by atoms with Crippen LogP contribution in [0, 0.1) is 35.5 Å². The van der Waals surface area contributed by atoms with Crippen molar-refractivity contribution >= 4 is 42.7 Å². The van der Waals surface area contributed by atoms with Gasteiger partial charge in [0.2, 0.25) is 0 Å². The van der Waals surface area contributed by atoms with Crippen molar-refractivity contribution in [1.29, 1.82) is 0 Å². The molecule has 14 nitrogen and oxygen atoms in total. The molecule has 0 radical (unpaired) electrons. The monoisotopic (exact) mass is 1160 g/mol. The Kier molecular flexibility index (Phi) is 82.2. The number of nitrogens with zero attached hydrogens (tertiary/aromatic N) is 1. The zero-order valence-corrected chi connectivity index (χ0v) is 55.8. The summed E-state index contributed by atoms with van der Waals surface area (Å²) in [5.74, 6) is 2.03. The molecular formula is C67H133NO13. The van der Waals surface area contributed by atoms with Crippen LogP contribution >= 0.6 is 0 Å². The average molecular weight is 1160 g/mol. The number of rotatable bonds is 43. The van der Waals surface area contributed by atoms with Crippen molar-refractivity contribution in [2.45, 2.75) is 283 Å². The van der Waals surface area contributed by atoms with Gasteiger partial charge in [0.05, 0.1) is 26.4 Å². The van der Waals surface area contributed by atoms with Crippen molar-refractivity contribution in [1.82, 2.24) is 4.90 Å². The predicted molar refractivity (Wildman–Crippen MR) is 336 cm³/mol. The predicted octanol–water partition coefficient (Wildman–Crippen LogP) is 16.6. The third-order valence-electron chi connectivity index (χ3n) is 13.8. The smallest absolute Gasteiger partial charge is 0.306 e. The van der Waals surface area contributed by atoms with Gasteiger partial charge in [-0.05, 0) is 89.0 Å². The SMILES string of the molecule is CC.CC(=O)C1CC1C1CN(C)C1.CCC(C)CCOC=O.CCCC.CCCCCCCCOC.CCCCCCCCOC.CCCCCCCCOC(=O)CC(CC)CC=O.CCCOC(=O)CC(CC=O)CC(=O)OCC. The lowest BCUT2D eigenvalue weighted by Crippen LogP contribution is -2.45. The zero-order chi connectivity index (χ0) is 62.6. The Bertz CT molecular complexity index is 1290. The fourth-order valence-electron chi connectivity index (χ4n) is 8.03. The number of hydrogen-bond acceptors (Lipinski definition) is 14. The Morgan fingerprint density at radius 1 is 0.506 bits per heavy atom. The average Bonchev–Trinajstić information content (AvgIpc) is 4.26. The number of unbranched alkanes of at least 4 members (excludes halogenated alkanes) is 16. The van der Waals surface area contributed by atoms with Gasteiger partial charge in [-0.25, -0.2) is 0 Å². The molecule has 0 N–H and O–H groups in total. The summed E-state index contributed by atoms with van der Waals surface area (Å²) in [7, 11) is 5.68. The van der Waals surface area contributed by atoms with Crippen LogP contribution in [-0.4, -0.2) is 122 Å². The Labute approximate surface area is 499 Å². The molecule has 5 unspecified atom stereocenters. The van der Waals surface area contributed by atoms with Gasteiger partial charge in [0, 0.05) is 78.5 Å². The number of aldehydes is 2. The van der Waals surface area contributed by atoms with E-state index in [4.69, 9.17) is 23.7 Å². The number of carbonyl (C=O) groups is 7. The zero-order valence-electron chi connectivity index (χ0n) is 55.8. The molecule has 1 aliphatic carbocycles. The third-order valence-corrected chi connectivity index (χ3v) is 13.8. The van der Waals surface area contributed by atoms with E-state index in [1.165, 1.54) is 135 Å². The molecule has 2 rings (SSSR count). The second kappa shape index (κ2) is 74.8. The van der Waals surface area contributed by atoms with E-state index in [2.05, 4.69) is 65.2 Å². The lowest BCUT2D eigenvalue weighted by molar-refractivity contribution is -0.148. The number of esters is 3. The molecule has 81 heavy (non-hydrogen) atoms. The minimum atomic E-state index is -0.386. The first-order valence-corrected chi connectivity index (χ1v) is 32.7. The van der Waals surface area contributed by atoms with Crippen molar-refractivity contribution < 1.29 is 62.0 Å². The summed E-state index contributed by atoms with van der Waals surface area (Å²) in [5.41, 5.74) is 0. The summed E-state index contributed by atoms with van der Waals surface area (Å²) in [4.78, 5) is 77.8. The Balaban J connectivity index is -0.000000208. The molecule has 5 atom stereocenters. The number of ether oxygens (including phenoxy) is 6. The number of likely N-dealkylation sites (tertiary alicyclic amines) is 1. The first-order valence-electron chi connectivity index (χ1n) is 32.7. The van der Waals surface area contributed by atoms with Gasteiger partial charge in [0.15, 0.2) is 0 Å². The van der Waals surface area contributed by atoms with Crippen LogP contribution in [0.15, 0.2) is 0 Å². The molecule has 1 saturated carbocycles. The van der Waals surface area contributed by atoms with Crippen molar-refractivity contribution in [3.63, 3.8) is 0 Å². The molecule has 2 fully saturated rings. The van der Waals surface area contributed by atoms with Crippen molar-refractivity contribution in [3.05, 3.63) is 0 Å². The molecule has 14 heteroatoms. The van der Waals surface area contributed by atoms with Crippen LogP contribution in [-0.2, 0) is 62.0 Å². The number of hydrogen-bond donors (Lipinski definition) is 0. The van der Waals surface area contributed by atoms with Gasteiger partial charge in [-0.2, -0.15) is 0 Å². The summed E-state index contributed by atoms with van der Waals surface area (Å²) < 4.78 is 29.3. The molecule has 0 aromatic rings. The third kappa shape index (κ3) is 72.8. The molecular weight excluding hydrogens is 1030 g/mol. The number of ketones is 1. The molecule has 1 heterocycles. The van der Waals surface area contributed by atoms with Gasteiger partial charge in [-0.15, -0.1) is 0 Å². The second-order valence-corrected chi connectivity index (χ2v) is 21.5. The lowest BCUT2D eigenvalue weighted by atomic mass is 9.93. The van der Waals surface area contributed by atoms with E-state index < -0.39 is 0 Å². The van der Waals surface area contributed by atoms with Crippen molar-refractivity contribution in [3.8, 4) is 0 Å². The van der Waals surface area contributed by atoms with Crippen molar-refractivity contribution in [2.24, 2.45) is 35.5 Å². The maximum atomic E-state index is 11.5. The molecule has 1 aliphatic heterocycles. The molecule has 0 spiro atoms. The number of methoxy groups -OCH3 is 2. The number of carbonyl (C=O) groups excluding carboxylic acids is 7. The second-order valence-electron chi connectivity index (χ2n) is 21.5. The highest BCUT2D eigenvalue weighted by Gasteiger charge is 2.48. The van der Waals surface area contributed by atoms with E-state index in [1.807, 2.05) is 27.7 Å². The van der Waals surface area contributed by atoms with Gasteiger partial charge in [0.1, 0.15) is 18.4 Å². The van der Waals surface area contributed by atoms with Crippen molar-refractivity contribution in [2.75, 3.05) is 74.0 Å². The highest BCUT2D eigenvalue weighted by Crippen LogP contribution is 2.47. The lowest BCUT2D eigenvalue weighted by Gasteiger charge is -2.36. The van der Waals surface area contributed by atoms with E-state index in [1.54, 1.807) is 28.1 Å². The summed E-state index contributed by atoms with van der Waals surface area (Å²) in [5, 5.41) is 0. The first kappa shape index (κ1) is 89.0. The largest absolute Gasteiger partial charge is 0.468 e. The Hall–Kier alpha value is -3.23. The van der Waals surface area contributed by atoms with E-state index in [9.17, 15) is 33.6 Å². The van der Waals surface area contributed by atoms with Crippen LogP contribution in [0.5, 0.6) is 0 Å². The normalized spacial score (nSPS) is 14.7. The Morgan fingerprint density at radius 3 is 1.26 bits per heavy atom. The van der Waals surface area contributed by atoms with Crippen LogP contribution in [0.1, 0.15) is 283 Å². The molecule has 484 valence electrons. The van der Waals surface area contributed by atoms with Crippen LogP contribution in [0.4, 0.5) is 0 Å². The summed E-state index contributed by atoms with van der Waals surface area (Å²) in [6.45, 7) is 33.2. The van der Waals surface area contributed by atoms with Crippen LogP contribution < -0.4 is 0 Å². The van der Waals surface area contributed by atoms with Gasteiger partial charge in [-0.1, -0.05) is 198 Å². The quantitative estimate of drug-likeness (QED) is 0.0244. The maximum Gasteiger partial charge on any atom is 0.306 e. The van der Waals surface area contributed by atoms with Gasteiger partial charge < -0.3 is 42.9 Å². The summed E-state index contributed by atoms with van der Waals surface area (Å²) in [6.07, 6.45) is 33.7. The molecule has 0 aromatic heterocycles. The Morgan fingerprint density at radius 2 is 0.914 bits per heavy atom. The highest BCUT2D eigenvalue weighted by atomic mass is 16.5. The number of Topliss-reactive ketones (excluding diaryl/α,β-unsaturated/α-hetero) is 1. The molecule has 0 aromatic carbocycles. The fraction of sp³-hybridized carbons (Fsp3) is 0.896. The van der Waals surface area contributed by atoms with E-state index in [-0.39, 0.29) is 49.0 Å². The standard InChI is InChI=1S/C15H28O3.C12H20O5.C9H15NO.2C9H20O.C7H14O2.C4H10.C2H6/c1-3-5-6-7-8-9-12-18-15(17)13-14(4-2)10-11-16;1-3-7-17-12(15)9-10(5-6-13)8-11(14)16-4-2;1-6(11)8-3-9(8)7-4-10(2)5-7;2*1-3-4-5-6-7-8-9-10-2;1-3-7(2)4-5-9-6-8;1-3-4-2;1-2/h11,14H,3-10,12-13H2,1-2H3;6,10H,3-5,7-9H2,1-2H3;7-9H,3-5H2,1-2H3;2*3-9H2,1-2H3;6-7H,3-5H2,1-2H3;3-4H2,1-2H3;1-2H3. The minimum Gasteiger partial charge on any atom is -0.468 e. The van der Waals surface area contributed by atoms with E-state index >= 15 is 0 Å².